The number of ether oxygens (including phenoxy) is 2. The first-order valence-electron chi connectivity index (χ1n) is 5.96. The van der Waals surface area contributed by atoms with Gasteiger partial charge in [-0.15, -0.1) is 0 Å². The minimum Gasteiger partial charge on any atom is -0.497 e. The van der Waals surface area contributed by atoms with Crippen molar-refractivity contribution in [3.05, 3.63) is 28.2 Å². The molecule has 0 aliphatic carbocycles. The van der Waals surface area contributed by atoms with Gasteiger partial charge in [-0.3, -0.25) is 0 Å². The summed E-state index contributed by atoms with van der Waals surface area (Å²) in [6.45, 7) is 6.25. The van der Waals surface area contributed by atoms with E-state index < -0.39 is 6.10 Å². The topological polar surface area (TPSA) is 38.7 Å². The SMILES string of the molecule is COc1ccc(Br)c(CC(O)COC(C)(C)C)c1. The number of methoxy groups -OCH3 is 1. The van der Waals surface area contributed by atoms with Crippen molar-refractivity contribution in [2.75, 3.05) is 13.7 Å². The number of rotatable bonds is 5. The summed E-state index contributed by atoms with van der Waals surface area (Å²) in [5.41, 5.74) is 0.784. The second kappa shape index (κ2) is 6.55. The molecule has 0 fully saturated rings. The van der Waals surface area contributed by atoms with Crippen LogP contribution in [0.5, 0.6) is 5.75 Å². The van der Waals surface area contributed by atoms with Crippen LogP contribution in [0, 0.1) is 0 Å². The van der Waals surface area contributed by atoms with Gasteiger partial charge in [0.15, 0.2) is 0 Å². The molecule has 0 saturated heterocycles. The van der Waals surface area contributed by atoms with Crippen molar-refractivity contribution in [3.63, 3.8) is 0 Å². The van der Waals surface area contributed by atoms with Crippen LogP contribution in [0.1, 0.15) is 26.3 Å². The van der Waals surface area contributed by atoms with Crippen molar-refractivity contribution < 1.29 is 14.6 Å². The summed E-state index contributed by atoms with van der Waals surface area (Å²) in [5.74, 6) is 0.789. The lowest BCUT2D eigenvalue weighted by Gasteiger charge is -2.22. The zero-order chi connectivity index (χ0) is 13.8. The molecule has 0 spiro atoms. The highest BCUT2D eigenvalue weighted by molar-refractivity contribution is 9.10. The average molecular weight is 317 g/mol. The van der Waals surface area contributed by atoms with Crippen molar-refractivity contribution in [1.29, 1.82) is 0 Å². The monoisotopic (exact) mass is 316 g/mol. The molecule has 0 aromatic heterocycles. The molecule has 0 radical (unpaired) electrons. The van der Waals surface area contributed by atoms with Gasteiger partial charge in [0.2, 0.25) is 0 Å². The zero-order valence-corrected chi connectivity index (χ0v) is 13.0. The number of benzene rings is 1. The van der Waals surface area contributed by atoms with Crippen LogP contribution in [-0.2, 0) is 11.2 Å². The van der Waals surface area contributed by atoms with E-state index in [-0.39, 0.29) is 5.60 Å². The summed E-state index contributed by atoms with van der Waals surface area (Å²) in [6.07, 6.45) is 0.0149. The van der Waals surface area contributed by atoms with E-state index in [4.69, 9.17) is 9.47 Å². The highest BCUT2D eigenvalue weighted by Gasteiger charge is 2.15. The van der Waals surface area contributed by atoms with Gasteiger partial charge in [0, 0.05) is 10.9 Å². The van der Waals surface area contributed by atoms with Crippen LogP contribution >= 0.6 is 15.9 Å². The minimum atomic E-state index is -0.521. The zero-order valence-electron chi connectivity index (χ0n) is 11.4. The standard InChI is InChI=1S/C14H21BrO3/c1-14(2,3)18-9-11(16)7-10-8-12(17-4)5-6-13(10)15/h5-6,8,11,16H,7,9H2,1-4H3. The highest BCUT2D eigenvalue weighted by Crippen LogP contribution is 2.24. The molecule has 4 heteroatoms. The van der Waals surface area contributed by atoms with Gasteiger partial charge in [0.1, 0.15) is 5.75 Å². The van der Waals surface area contributed by atoms with Crippen molar-refractivity contribution >= 4 is 15.9 Å². The molecule has 102 valence electrons. The van der Waals surface area contributed by atoms with E-state index in [0.717, 1.165) is 15.8 Å². The average Bonchev–Trinajstić information content (AvgIpc) is 2.28. The molecule has 1 rings (SSSR count). The molecule has 0 aliphatic heterocycles. The van der Waals surface area contributed by atoms with Gasteiger partial charge < -0.3 is 14.6 Å². The van der Waals surface area contributed by atoms with E-state index in [1.54, 1.807) is 7.11 Å². The fraction of sp³-hybridized carbons (Fsp3) is 0.571. The summed E-state index contributed by atoms with van der Waals surface area (Å²) in [7, 11) is 1.63. The lowest BCUT2D eigenvalue weighted by atomic mass is 10.1. The van der Waals surface area contributed by atoms with E-state index in [0.29, 0.717) is 13.0 Å². The van der Waals surface area contributed by atoms with Crippen LogP contribution in [0.15, 0.2) is 22.7 Å². The van der Waals surface area contributed by atoms with Crippen LogP contribution < -0.4 is 4.74 Å². The Bertz CT molecular complexity index is 385. The van der Waals surface area contributed by atoms with E-state index in [1.165, 1.54) is 0 Å². The number of hydrogen-bond donors (Lipinski definition) is 1. The van der Waals surface area contributed by atoms with Crippen molar-refractivity contribution in [2.45, 2.75) is 38.9 Å². The Morgan fingerprint density at radius 1 is 1.33 bits per heavy atom. The van der Waals surface area contributed by atoms with Crippen molar-refractivity contribution in [1.82, 2.24) is 0 Å². The largest absolute Gasteiger partial charge is 0.497 e. The third-order valence-corrected chi connectivity index (χ3v) is 3.19. The molecule has 18 heavy (non-hydrogen) atoms. The molecule has 0 heterocycles. The molecule has 1 unspecified atom stereocenters. The summed E-state index contributed by atoms with van der Waals surface area (Å²) >= 11 is 3.47. The van der Waals surface area contributed by atoms with E-state index in [2.05, 4.69) is 15.9 Å². The van der Waals surface area contributed by atoms with Gasteiger partial charge in [-0.1, -0.05) is 15.9 Å². The molecule has 0 bridgehead atoms. The number of aliphatic hydroxyl groups is 1. The van der Waals surface area contributed by atoms with E-state index in [9.17, 15) is 5.11 Å². The van der Waals surface area contributed by atoms with Gasteiger partial charge in [-0.2, -0.15) is 0 Å². The summed E-state index contributed by atoms with van der Waals surface area (Å²) in [4.78, 5) is 0. The molecule has 0 aliphatic rings. The van der Waals surface area contributed by atoms with E-state index in [1.807, 2.05) is 39.0 Å². The van der Waals surface area contributed by atoms with Crippen molar-refractivity contribution in [2.24, 2.45) is 0 Å². The predicted molar refractivity (Wildman–Crippen MR) is 76.1 cm³/mol. The Kier molecular flexibility index (Phi) is 5.63. The smallest absolute Gasteiger partial charge is 0.119 e. The Hall–Kier alpha value is -0.580. The quantitative estimate of drug-likeness (QED) is 0.906. The molecule has 1 aromatic rings. The molecule has 1 N–H and O–H groups in total. The maximum absolute atomic E-state index is 9.97. The maximum Gasteiger partial charge on any atom is 0.119 e. The van der Waals surface area contributed by atoms with Crippen LogP contribution in [0.25, 0.3) is 0 Å². The summed E-state index contributed by atoms with van der Waals surface area (Å²) in [6, 6.07) is 5.72. The summed E-state index contributed by atoms with van der Waals surface area (Å²) in [5, 5.41) is 9.97. The predicted octanol–water partition coefficient (Wildman–Crippen LogP) is 3.18. The normalized spacial score (nSPS) is 13.4. The Balaban J connectivity index is 2.61. The first-order valence-corrected chi connectivity index (χ1v) is 6.75. The molecule has 0 amide bonds. The third-order valence-electron chi connectivity index (χ3n) is 2.42. The van der Waals surface area contributed by atoms with Crippen LogP contribution in [-0.4, -0.2) is 30.5 Å². The van der Waals surface area contributed by atoms with Gasteiger partial charge in [-0.25, -0.2) is 0 Å². The first-order chi connectivity index (χ1) is 8.31. The molecule has 0 saturated carbocycles. The fourth-order valence-corrected chi connectivity index (χ4v) is 1.90. The Morgan fingerprint density at radius 2 is 2.00 bits per heavy atom. The molecule has 1 aromatic carbocycles. The second-order valence-corrected chi connectivity index (χ2v) is 6.09. The fourth-order valence-electron chi connectivity index (χ4n) is 1.49. The van der Waals surface area contributed by atoms with Gasteiger partial charge in [0.25, 0.3) is 0 Å². The van der Waals surface area contributed by atoms with Crippen LogP contribution in [0.2, 0.25) is 0 Å². The first kappa shape index (κ1) is 15.5. The maximum atomic E-state index is 9.97. The minimum absolute atomic E-state index is 0.230. The highest BCUT2D eigenvalue weighted by atomic mass is 79.9. The number of halogens is 1. The molecule has 3 nitrogen and oxygen atoms in total. The Morgan fingerprint density at radius 3 is 2.56 bits per heavy atom. The van der Waals surface area contributed by atoms with Gasteiger partial charge in [-0.05, 0) is 44.5 Å². The lowest BCUT2D eigenvalue weighted by molar-refractivity contribution is -0.0482. The second-order valence-electron chi connectivity index (χ2n) is 5.24. The third kappa shape index (κ3) is 5.38. The summed E-state index contributed by atoms with van der Waals surface area (Å²) < 4.78 is 11.7. The lowest BCUT2D eigenvalue weighted by Crippen LogP contribution is -2.27. The molecular weight excluding hydrogens is 296 g/mol. The molecule has 1 atom stereocenters. The van der Waals surface area contributed by atoms with Gasteiger partial charge in [0.05, 0.1) is 25.4 Å². The number of aliphatic hydroxyl groups excluding tert-OH is 1. The van der Waals surface area contributed by atoms with Crippen molar-refractivity contribution in [3.8, 4) is 5.75 Å². The van der Waals surface area contributed by atoms with Crippen LogP contribution in [0.3, 0.4) is 0 Å². The molecular formula is C14H21BrO3. The van der Waals surface area contributed by atoms with Crippen LogP contribution in [0.4, 0.5) is 0 Å². The Labute approximate surface area is 117 Å². The van der Waals surface area contributed by atoms with Gasteiger partial charge >= 0.3 is 0 Å². The van der Waals surface area contributed by atoms with E-state index >= 15 is 0 Å². The number of hydrogen-bond acceptors (Lipinski definition) is 3.